The van der Waals surface area contributed by atoms with Crippen molar-refractivity contribution in [3.63, 3.8) is 0 Å². The van der Waals surface area contributed by atoms with E-state index in [1.807, 2.05) is 10.9 Å². The van der Waals surface area contributed by atoms with E-state index < -0.39 is 0 Å². The molecular weight excluding hydrogens is 382 g/mol. The predicted octanol–water partition coefficient (Wildman–Crippen LogP) is 3.72. The van der Waals surface area contributed by atoms with Crippen LogP contribution in [0.25, 0.3) is 21.5 Å². The number of methoxy groups -OCH3 is 1. The lowest BCUT2D eigenvalue weighted by Gasteiger charge is -2.28. The minimum Gasteiger partial charge on any atom is -0.496 e. The molecule has 0 atom stereocenters. The van der Waals surface area contributed by atoms with Gasteiger partial charge in [-0.05, 0) is 28.7 Å². The van der Waals surface area contributed by atoms with Gasteiger partial charge in [-0.25, -0.2) is 9.97 Å². The van der Waals surface area contributed by atoms with Crippen molar-refractivity contribution in [3.8, 4) is 5.75 Å². The first-order valence-corrected chi connectivity index (χ1v) is 10.1. The van der Waals surface area contributed by atoms with E-state index in [9.17, 15) is 0 Å². The molecule has 0 spiro atoms. The zero-order valence-electron chi connectivity index (χ0n) is 17.2. The van der Waals surface area contributed by atoms with Gasteiger partial charge < -0.3 is 15.4 Å². The van der Waals surface area contributed by atoms with Crippen molar-refractivity contribution < 1.29 is 4.74 Å². The highest BCUT2D eigenvalue weighted by Gasteiger charge is 2.20. The van der Waals surface area contributed by atoms with Crippen molar-refractivity contribution in [2.24, 2.45) is 5.11 Å². The summed E-state index contributed by atoms with van der Waals surface area (Å²) in [5.74, 6) is 2.06. The molecule has 10 nitrogen and oxygen atoms in total. The molecule has 1 saturated heterocycles. The molecular formula is C20H25N9O. The number of nitrogens with one attached hydrogen (secondary N) is 2. The summed E-state index contributed by atoms with van der Waals surface area (Å²) in [7, 11) is 1.69. The second-order valence-electron chi connectivity index (χ2n) is 7.33. The number of anilines is 1. The first-order chi connectivity index (χ1) is 14.7. The lowest BCUT2D eigenvalue weighted by atomic mass is 9.92. The highest BCUT2D eigenvalue weighted by Crippen LogP contribution is 2.28. The van der Waals surface area contributed by atoms with E-state index in [1.54, 1.807) is 7.11 Å². The summed E-state index contributed by atoms with van der Waals surface area (Å²) in [6.45, 7) is 5.43. The zero-order chi connectivity index (χ0) is 20.9. The van der Waals surface area contributed by atoms with Gasteiger partial charge in [-0.15, -0.1) is 0 Å². The number of rotatable bonds is 9. The molecule has 3 heterocycles. The first kappa shape index (κ1) is 19.9. The SMILES string of the molecule is CCCCNc1nc(N=[N+]=[N-])nc2cn(Cc3ccc(C4CNC4)cc3OC)nc12. The molecule has 3 aromatic rings. The minimum atomic E-state index is 0.0830. The van der Waals surface area contributed by atoms with E-state index in [1.165, 1.54) is 5.56 Å². The smallest absolute Gasteiger partial charge is 0.219 e. The highest BCUT2D eigenvalue weighted by molar-refractivity contribution is 5.85. The van der Waals surface area contributed by atoms with Gasteiger partial charge in [0.25, 0.3) is 0 Å². The van der Waals surface area contributed by atoms with Gasteiger partial charge in [0, 0.05) is 36.0 Å². The molecule has 30 heavy (non-hydrogen) atoms. The number of nitrogens with zero attached hydrogens (tertiary/aromatic N) is 7. The van der Waals surface area contributed by atoms with Gasteiger partial charge in [0.05, 0.1) is 19.9 Å². The molecule has 10 heteroatoms. The van der Waals surface area contributed by atoms with Gasteiger partial charge in [-0.3, -0.25) is 4.68 Å². The fraction of sp³-hybridized carbons (Fsp3) is 0.450. The summed E-state index contributed by atoms with van der Waals surface area (Å²) in [5.41, 5.74) is 12.4. The Labute approximate surface area is 174 Å². The number of ether oxygens (including phenoxy) is 1. The lowest BCUT2D eigenvalue weighted by Crippen LogP contribution is -2.39. The van der Waals surface area contributed by atoms with Crippen LogP contribution < -0.4 is 15.4 Å². The van der Waals surface area contributed by atoms with E-state index in [2.05, 4.69) is 60.8 Å². The predicted molar refractivity (Wildman–Crippen MR) is 115 cm³/mol. The number of aromatic nitrogens is 4. The molecule has 4 rings (SSSR count). The number of azide groups is 1. The van der Waals surface area contributed by atoms with Crippen molar-refractivity contribution in [1.29, 1.82) is 0 Å². The monoisotopic (exact) mass is 407 g/mol. The van der Waals surface area contributed by atoms with Crippen molar-refractivity contribution in [2.45, 2.75) is 32.2 Å². The Kier molecular flexibility index (Phi) is 5.97. The van der Waals surface area contributed by atoms with E-state index in [0.717, 1.165) is 43.8 Å². The van der Waals surface area contributed by atoms with E-state index >= 15 is 0 Å². The summed E-state index contributed by atoms with van der Waals surface area (Å²) in [4.78, 5) is 11.4. The zero-order valence-corrected chi connectivity index (χ0v) is 17.2. The molecule has 1 aliphatic heterocycles. The fourth-order valence-electron chi connectivity index (χ4n) is 3.46. The quantitative estimate of drug-likeness (QED) is 0.241. The van der Waals surface area contributed by atoms with Crippen molar-refractivity contribution in [2.75, 3.05) is 32.1 Å². The molecule has 0 unspecified atom stereocenters. The molecule has 1 aliphatic rings. The Morgan fingerprint density at radius 2 is 2.23 bits per heavy atom. The van der Waals surface area contributed by atoms with E-state index in [0.29, 0.717) is 29.3 Å². The Bertz CT molecular complexity index is 1080. The highest BCUT2D eigenvalue weighted by atomic mass is 16.5. The van der Waals surface area contributed by atoms with E-state index in [-0.39, 0.29) is 5.95 Å². The van der Waals surface area contributed by atoms with Gasteiger partial charge >= 0.3 is 0 Å². The Morgan fingerprint density at radius 1 is 1.37 bits per heavy atom. The maximum atomic E-state index is 8.76. The van der Waals surface area contributed by atoms with Gasteiger partial charge in [-0.1, -0.05) is 25.5 Å². The summed E-state index contributed by atoms with van der Waals surface area (Å²) in [5, 5.41) is 14.8. The van der Waals surface area contributed by atoms with Gasteiger partial charge in [0.15, 0.2) is 11.3 Å². The maximum Gasteiger partial charge on any atom is 0.219 e. The molecule has 0 bridgehead atoms. The number of benzene rings is 1. The van der Waals surface area contributed by atoms with Crippen LogP contribution in [0.3, 0.4) is 0 Å². The van der Waals surface area contributed by atoms with Crippen LogP contribution in [0.2, 0.25) is 0 Å². The fourth-order valence-corrected chi connectivity index (χ4v) is 3.46. The van der Waals surface area contributed by atoms with Gasteiger partial charge in [0.1, 0.15) is 11.3 Å². The van der Waals surface area contributed by atoms with Crippen molar-refractivity contribution in [1.82, 2.24) is 25.1 Å². The largest absolute Gasteiger partial charge is 0.496 e. The Hall–Kier alpha value is -3.36. The minimum absolute atomic E-state index is 0.0830. The lowest BCUT2D eigenvalue weighted by molar-refractivity contribution is 0.402. The molecule has 0 amide bonds. The Morgan fingerprint density at radius 3 is 2.93 bits per heavy atom. The summed E-state index contributed by atoms with van der Waals surface area (Å²) in [6.07, 6.45) is 3.90. The van der Waals surface area contributed by atoms with Crippen LogP contribution in [0.5, 0.6) is 5.75 Å². The molecule has 2 aromatic heterocycles. The van der Waals surface area contributed by atoms with E-state index in [4.69, 9.17) is 10.3 Å². The molecule has 0 aliphatic carbocycles. The topological polar surface area (TPSA) is 126 Å². The van der Waals surface area contributed by atoms with Crippen LogP contribution in [-0.2, 0) is 6.54 Å². The molecule has 2 N–H and O–H groups in total. The number of hydrogen-bond acceptors (Lipinski definition) is 7. The molecule has 1 aromatic carbocycles. The van der Waals surface area contributed by atoms with Gasteiger partial charge in [0.2, 0.25) is 5.95 Å². The van der Waals surface area contributed by atoms with Crippen molar-refractivity contribution >= 4 is 22.8 Å². The van der Waals surface area contributed by atoms with Crippen LogP contribution in [0, 0.1) is 0 Å². The number of unbranched alkanes of at least 4 members (excludes halogenated alkanes) is 1. The summed E-state index contributed by atoms with van der Waals surface area (Å²) >= 11 is 0. The average Bonchev–Trinajstić information content (AvgIpc) is 3.11. The standard InChI is InChI=1S/C20H25N9O/c1-3-4-7-23-19-18-16(24-20(25-19)26-28-21)12-29(27-18)11-14-6-5-13(8-17(14)30-2)15-9-22-10-15/h5-6,8,12,15,22H,3-4,7,9-11H2,1-2H3,(H,23,24,25). The van der Waals surface area contributed by atoms with Crippen LogP contribution >= 0.6 is 0 Å². The van der Waals surface area contributed by atoms with Gasteiger partial charge in [-0.2, -0.15) is 5.10 Å². The summed E-state index contributed by atoms with van der Waals surface area (Å²) in [6, 6.07) is 6.36. The first-order valence-electron chi connectivity index (χ1n) is 10.1. The maximum absolute atomic E-state index is 8.76. The van der Waals surface area contributed by atoms with Crippen LogP contribution in [0.15, 0.2) is 29.5 Å². The third-order valence-corrected chi connectivity index (χ3v) is 5.25. The second-order valence-corrected chi connectivity index (χ2v) is 7.33. The Balaban J connectivity index is 1.64. The van der Waals surface area contributed by atoms with Crippen LogP contribution in [0.1, 0.15) is 36.8 Å². The third-order valence-electron chi connectivity index (χ3n) is 5.25. The normalized spacial score (nSPS) is 13.7. The summed E-state index contributed by atoms with van der Waals surface area (Å²) < 4.78 is 7.45. The van der Waals surface area contributed by atoms with Crippen LogP contribution in [-0.4, -0.2) is 46.5 Å². The molecule has 156 valence electrons. The molecule has 1 fully saturated rings. The second kappa shape index (κ2) is 8.98. The number of hydrogen-bond donors (Lipinski definition) is 2. The third kappa shape index (κ3) is 4.14. The van der Waals surface area contributed by atoms with Crippen LogP contribution in [0.4, 0.5) is 11.8 Å². The van der Waals surface area contributed by atoms with Crippen molar-refractivity contribution in [3.05, 3.63) is 46.0 Å². The molecule has 0 saturated carbocycles. The molecule has 0 radical (unpaired) electrons. The average molecular weight is 407 g/mol. The number of fused-ring (bicyclic) bond motifs is 1.